The Morgan fingerprint density at radius 3 is 2.08 bits per heavy atom. The zero-order valence-electron chi connectivity index (χ0n) is 38.8. The Hall–Kier alpha value is -1.43. The SMILES string of the molecule is CC1OC(OC2C(OC3CCC4(C)C(CCC5(C)C4CC=C4C6CC(C)(C)CCC6(C(=O)OC6OC(CO)C(O)C(O)C6O)C(O)CC45C)C3(C)CO)OCC(O)C2O)C(O)C(O)C1O. The molecule has 11 N–H and O–H groups in total. The van der Waals surface area contributed by atoms with Gasteiger partial charge in [-0.1, -0.05) is 53.2 Å². The highest BCUT2D eigenvalue weighted by atomic mass is 16.8. The lowest BCUT2D eigenvalue weighted by Gasteiger charge is -2.72. The van der Waals surface area contributed by atoms with Gasteiger partial charge in [-0.25, -0.2) is 0 Å². The maximum atomic E-state index is 14.7. The number of fused-ring (bicyclic) bond motifs is 7. The smallest absolute Gasteiger partial charge is 0.317 e. The molecule has 0 amide bonds. The van der Waals surface area contributed by atoms with Gasteiger partial charge in [0.2, 0.25) is 6.29 Å². The van der Waals surface area contributed by atoms with Crippen LogP contribution in [0.4, 0.5) is 0 Å². The fraction of sp³-hybridized carbons (Fsp3) is 0.936. The topological polar surface area (TPSA) is 295 Å². The molecular weight excluding hydrogens is 852 g/mol. The van der Waals surface area contributed by atoms with Gasteiger partial charge in [-0.15, -0.1) is 0 Å². The zero-order valence-corrected chi connectivity index (χ0v) is 38.8. The fourth-order valence-corrected chi connectivity index (χ4v) is 14.8. The number of hydrogen-bond donors (Lipinski definition) is 11. The molecule has 24 unspecified atom stereocenters. The van der Waals surface area contributed by atoms with Crippen LogP contribution in [-0.4, -0.2) is 180 Å². The second-order valence-electron chi connectivity index (χ2n) is 22.9. The Morgan fingerprint density at radius 1 is 0.723 bits per heavy atom. The van der Waals surface area contributed by atoms with Gasteiger partial charge in [-0.2, -0.15) is 0 Å². The van der Waals surface area contributed by atoms with Crippen LogP contribution in [0.15, 0.2) is 11.6 Å². The van der Waals surface area contributed by atoms with Gasteiger partial charge in [-0.3, -0.25) is 4.79 Å². The van der Waals surface area contributed by atoms with Crippen molar-refractivity contribution in [3.63, 3.8) is 0 Å². The Bertz CT molecular complexity index is 1780. The average molecular weight is 929 g/mol. The molecule has 4 saturated carbocycles. The molecule has 8 aliphatic rings. The molecule has 0 aromatic carbocycles. The molecule has 3 saturated heterocycles. The number of carbonyl (C=O) groups is 1. The fourth-order valence-electron chi connectivity index (χ4n) is 14.8. The number of aliphatic hydroxyl groups is 11. The predicted molar refractivity (Wildman–Crippen MR) is 226 cm³/mol. The lowest BCUT2D eigenvalue weighted by Crippen LogP contribution is -2.69. The van der Waals surface area contributed by atoms with Crippen LogP contribution >= 0.6 is 0 Å². The van der Waals surface area contributed by atoms with Crippen molar-refractivity contribution in [2.45, 2.75) is 204 Å². The number of esters is 1. The van der Waals surface area contributed by atoms with Crippen LogP contribution in [0.3, 0.4) is 0 Å². The molecule has 18 heteroatoms. The van der Waals surface area contributed by atoms with Crippen LogP contribution < -0.4 is 0 Å². The highest BCUT2D eigenvalue weighted by Gasteiger charge is 2.72. The minimum atomic E-state index is -1.78. The van der Waals surface area contributed by atoms with Crippen molar-refractivity contribution in [3.05, 3.63) is 11.6 Å². The quantitative estimate of drug-likeness (QED) is 0.0850. The summed E-state index contributed by atoms with van der Waals surface area (Å²) in [7, 11) is 0. The van der Waals surface area contributed by atoms with Gasteiger partial charge in [0.1, 0.15) is 66.5 Å². The lowest BCUT2D eigenvalue weighted by molar-refractivity contribution is -0.365. The number of rotatable bonds is 8. The molecule has 8 rings (SSSR count). The largest absolute Gasteiger partial charge is 0.432 e. The summed E-state index contributed by atoms with van der Waals surface area (Å²) >= 11 is 0. The lowest BCUT2D eigenvalue weighted by atomic mass is 9.33. The van der Waals surface area contributed by atoms with Crippen LogP contribution in [-0.2, 0) is 33.2 Å². The third-order valence-corrected chi connectivity index (χ3v) is 19.0. The van der Waals surface area contributed by atoms with E-state index in [-0.39, 0.29) is 47.7 Å². The van der Waals surface area contributed by atoms with Crippen molar-refractivity contribution in [3.8, 4) is 0 Å². The summed E-state index contributed by atoms with van der Waals surface area (Å²) < 4.78 is 35.9. The first-order valence-electron chi connectivity index (χ1n) is 23.8. The third kappa shape index (κ3) is 7.62. The van der Waals surface area contributed by atoms with E-state index in [1.165, 1.54) is 6.92 Å². The molecule has 24 atom stereocenters. The van der Waals surface area contributed by atoms with Gasteiger partial charge < -0.3 is 84.6 Å². The molecule has 3 aliphatic heterocycles. The first-order chi connectivity index (χ1) is 30.3. The molecule has 18 nitrogen and oxygen atoms in total. The van der Waals surface area contributed by atoms with Crippen LogP contribution in [0.2, 0.25) is 0 Å². The number of hydrogen-bond acceptors (Lipinski definition) is 18. The number of aliphatic hydroxyl groups excluding tert-OH is 11. The molecule has 65 heavy (non-hydrogen) atoms. The van der Waals surface area contributed by atoms with Gasteiger partial charge in [0, 0.05) is 5.41 Å². The monoisotopic (exact) mass is 929 g/mol. The first-order valence-corrected chi connectivity index (χ1v) is 23.8. The molecule has 0 aromatic heterocycles. The van der Waals surface area contributed by atoms with Crippen LogP contribution in [0.5, 0.6) is 0 Å². The van der Waals surface area contributed by atoms with Gasteiger partial charge in [0.05, 0.1) is 38.1 Å². The van der Waals surface area contributed by atoms with E-state index in [1.807, 2.05) is 6.92 Å². The molecule has 0 spiro atoms. The van der Waals surface area contributed by atoms with Crippen molar-refractivity contribution in [1.29, 1.82) is 0 Å². The Morgan fingerprint density at radius 2 is 1.40 bits per heavy atom. The van der Waals surface area contributed by atoms with E-state index in [0.717, 1.165) is 12.0 Å². The van der Waals surface area contributed by atoms with Crippen molar-refractivity contribution in [2.75, 3.05) is 19.8 Å². The summed E-state index contributed by atoms with van der Waals surface area (Å²) in [6.07, 6.45) is -15.0. The molecule has 0 bridgehead atoms. The molecular formula is C47H76O18. The van der Waals surface area contributed by atoms with E-state index in [9.17, 15) is 61.0 Å². The summed E-state index contributed by atoms with van der Waals surface area (Å²) in [4.78, 5) is 14.7. The summed E-state index contributed by atoms with van der Waals surface area (Å²) in [6, 6.07) is 0. The summed E-state index contributed by atoms with van der Waals surface area (Å²) in [5.41, 5.74) is -2.58. The number of ether oxygens (including phenoxy) is 6. The summed E-state index contributed by atoms with van der Waals surface area (Å²) in [5, 5.41) is 119. The Labute approximate surface area is 380 Å². The molecule has 5 aliphatic carbocycles. The molecule has 7 fully saturated rings. The van der Waals surface area contributed by atoms with E-state index >= 15 is 0 Å². The average Bonchev–Trinajstić information content (AvgIpc) is 3.25. The number of allylic oxidation sites excluding steroid dienone is 2. The molecule has 3 heterocycles. The maximum absolute atomic E-state index is 14.7. The number of carbonyl (C=O) groups excluding carboxylic acids is 1. The van der Waals surface area contributed by atoms with Crippen molar-refractivity contribution in [1.82, 2.24) is 0 Å². The molecule has 0 radical (unpaired) electrons. The first kappa shape index (κ1) is 50.0. The molecule has 372 valence electrons. The highest BCUT2D eigenvalue weighted by Crippen LogP contribution is 2.76. The van der Waals surface area contributed by atoms with E-state index in [0.29, 0.717) is 44.9 Å². The minimum Gasteiger partial charge on any atom is -0.432 e. The van der Waals surface area contributed by atoms with Gasteiger partial charge in [0.25, 0.3) is 0 Å². The Kier molecular flexibility index (Phi) is 13.4. The predicted octanol–water partition coefficient (Wildman–Crippen LogP) is -0.250. The Balaban J connectivity index is 1.06. The van der Waals surface area contributed by atoms with Crippen molar-refractivity contribution >= 4 is 5.97 Å². The van der Waals surface area contributed by atoms with Crippen molar-refractivity contribution in [2.24, 2.45) is 50.2 Å². The van der Waals surface area contributed by atoms with Crippen LogP contribution in [0, 0.1) is 50.2 Å². The van der Waals surface area contributed by atoms with E-state index in [1.54, 1.807) is 0 Å². The van der Waals surface area contributed by atoms with E-state index < -0.39 is 133 Å². The third-order valence-electron chi connectivity index (χ3n) is 19.0. The van der Waals surface area contributed by atoms with Crippen LogP contribution in [0.25, 0.3) is 0 Å². The standard InChI is InChI=1S/C47H76O18/c1-21-30(52)33(55)35(57)38(61-21)64-37-31(53)24(50)19-60-40(37)63-29-11-12-43(4)26(44(29,5)20-49)10-13-45(6)27(43)9-8-22-23-16-42(2,3)14-15-47(23,28(51)17-46(22,45)7)41(59)65-39-36(58)34(56)32(54)25(18-48)62-39/h8,21,23-40,48-58H,9-20H2,1-7H3. The van der Waals surface area contributed by atoms with Gasteiger partial charge in [-0.05, 0) is 104 Å². The second-order valence-corrected chi connectivity index (χ2v) is 22.9. The van der Waals surface area contributed by atoms with Crippen LogP contribution in [0.1, 0.15) is 106 Å². The highest BCUT2D eigenvalue weighted by molar-refractivity contribution is 5.80. The van der Waals surface area contributed by atoms with Gasteiger partial charge in [0.15, 0.2) is 12.6 Å². The van der Waals surface area contributed by atoms with Gasteiger partial charge >= 0.3 is 5.97 Å². The summed E-state index contributed by atoms with van der Waals surface area (Å²) in [5.74, 6) is -1.16. The second kappa shape index (κ2) is 17.5. The van der Waals surface area contributed by atoms with Crippen molar-refractivity contribution < 1.29 is 89.4 Å². The zero-order chi connectivity index (χ0) is 47.6. The summed E-state index contributed by atoms with van der Waals surface area (Å²) in [6.45, 7) is 13.5. The van der Waals surface area contributed by atoms with E-state index in [4.69, 9.17) is 28.4 Å². The van der Waals surface area contributed by atoms with E-state index in [2.05, 4.69) is 40.7 Å². The minimum absolute atomic E-state index is 0.0652. The molecule has 0 aromatic rings. The normalized spacial score (nSPS) is 55.4. The maximum Gasteiger partial charge on any atom is 0.317 e.